The Labute approximate surface area is 132 Å². The number of fused-ring (bicyclic) bond motifs is 1. The first kappa shape index (κ1) is 15.2. The molecule has 2 aromatic rings. The summed E-state index contributed by atoms with van der Waals surface area (Å²) in [6.07, 6.45) is 2.27. The number of nitrogens with one attached hydrogen (secondary N) is 1. The van der Waals surface area contributed by atoms with Gasteiger partial charge in [0.05, 0.1) is 11.1 Å². The van der Waals surface area contributed by atoms with E-state index in [2.05, 4.69) is 10.3 Å². The molecule has 3 N–H and O–H groups in total. The predicted octanol–water partition coefficient (Wildman–Crippen LogP) is 2.36. The first-order chi connectivity index (χ1) is 10.3. The van der Waals surface area contributed by atoms with E-state index in [1.54, 1.807) is 4.57 Å². The lowest BCUT2D eigenvalue weighted by Gasteiger charge is -2.28. The number of primary amides is 1. The van der Waals surface area contributed by atoms with E-state index < -0.39 is 17.6 Å². The number of hydrogen-bond acceptors (Lipinski definition) is 3. The molecular weight excluding hydrogens is 307 g/mol. The highest BCUT2D eigenvalue weighted by molar-refractivity contribution is 6.35. The summed E-state index contributed by atoms with van der Waals surface area (Å²) >= 11 is 6.26. The third kappa shape index (κ3) is 2.27. The minimum atomic E-state index is -1.35. The van der Waals surface area contributed by atoms with Crippen LogP contribution < -0.4 is 11.1 Å². The highest BCUT2D eigenvalue weighted by Crippen LogP contribution is 2.37. The zero-order valence-electron chi connectivity index (χ0n) is 12.5. The molecule has 0 unspecified atom stereocenters. The standard InChI is InChI=1S/C15H18ClFN4O/c1-8-6-21(9(2)15(17)3-4-19-7-15)14-12(8)10(16)5-11(20-14)13(18)22/h5-6,9,19H,3-4,7H2,1-2H3,(H2,18,22)/t9-,15-/m0/s1. The number of rotatable bonds is 3. The quantitative estimate of drug-likeness (QED) is 0.910. The van der Waals surface area contributed by atoms with Gasteiger partial charge in [-0.2, -0.15) is 0 Å². The van der Waals surface area contributed by atoms with Crippen molar-refractivity contribution in [3.05, 3.63) is 28.5 Å². The molecule has 3 heterocycles. The molecular formula is C15H18ClFN4O. The molecule has 118 valence electrons. The maximum Gasteiger partial charge on any atom is 0.267 e. The summed E-state index contributed by atoms with van der Waals surface area (Å²) < 4.78 is 16.8. The van der Waals surface area contributed by atoms with Gasteiger partial charge in [-0.05, 0) is 38.4 Å². The van der Waals surface area contributed by atoms with Gasteiger partial charge in [-0.1, -0.05) is 11.6 Å². The van der Waals surface area contributed by atoms with Crippen LogP contribution in [-0.2, 0) is 0 Å². The number of carbonyl (C=O) groups is 1. The monoisotopic (exact) mass is 324 g/mol. The molecule has 0 radical (unpaired) electrons. The van der Waals surface area contributed by atoms with Gasteiger partial charge < -0.3 is 15.6 Å². The number of nitrogens with zero attached hydrogens (tertiary/aromatic N) is 2. The lowest BCUT2D eigenvalue weighted by molar-refractivity contribution is 0.0995. The molecule has 0 aromatic carbocycles. The van der Waals surface area contributed by atoms with Crippen LogP contribution in [0.3, 0.4) is 0 Å². The van der Waals surface area contributed by atoms with E-state index in [1.165, 1.54) is 6.07 Å². The molecule has 0 aliphatic carbocycles. The third-order valence-corrected chi connectivity index (χ3v) is 4.78. The summed E-state index contributed by atoms with van der Waals surface area (Å²) in [6.45, 7) is 4.66. The van der Waals surface area contributed by atoms with Crippen molar-refractivity contribution in [2.45, 2.75) is 32.0 Å². The number of carbonyl (C=O) groups excluding carboxylic acids is 1. The minimum Gasteiger partial charge on any atom is -0.364 e. The average Bonchev–Trinajstić information content (AvgIpc) is 3.03. The summed E-state index contributed by atoms with van der Waals surface area (Å²) in [5.41, 5.74) is 5.42. The summed E-state index contributed by atoms with van der Waals surface area (Å²) in [6, 6.07) is 1.03. The number of hydrogen-bond donors (Lipinski definition) is 2. The van der Waals surface area contributed by atoms with Crippen molar-refractivity contribution in [2.75, 3.05) is 13.1 Å². The maximum absolute atomic E-state index is 15.1. The number of nitrogens with two attached hydrogens (primary N) is 1. The summed E-state index contributed by atoms with van der Waals surface area (Å²) in [7, 11) is 0. The van der Waals surface area contributed by atoms with Crippen molar-refractivity contribution in [1.29, 1.82) is 0 Å². The Hall–Kier alpha value is -1.66. The van der Waals surface area contributed by atoms with Gasteiger partial charge in [0.25, 0.3) is 5.91 Å². The first-order valence-corrected chi connectivity index (χ1v) is 7.58. The molecule has 0 spiro atoms. The number of aryl methyl sites for hydroxylation is 1. The molecule has 0 bridgehead atoms. The maximum atomic E-state index is 15.1. The molecule has 2 atom stereocenters. The van der Waals surface area contributed by atoms with E-state index >= 15 is 4.39 Å². The van der Waals surface area contributed by atoms with Crippen molar-refractivity contribution >= 4 is 28.5 Å². The van der Waals surface area contributed by atoms with Crippen LogP contribution in [0.4, 0.5) is 4.39 Å². The van der Waals surface area contributed by atoms with Crippen molar-refractivity contribution in [3.8, 4) is 0 Å². The largest absolute Gasteiger partial charge is 0.364 e. The van der Waals surface area contributed by atoms with Crippen LogP contribution in [0.1, 0.15) is 35.4 Å². The minimum absolute atomic E-state index is 0.0847. The van der Waals surface area contributed by atoms with Crippen LogP contribution in [0, 0.1) is 6.92 Å². The van der Waals surface area contributed by atoms with E-state index in [0.29, 0.717) is 30.2 Å². The SMILES string of the molecule is Cc1cn([C@@H](C)[C@]2(F)CCNC2)c2nc(C(N)=O)cc(Cl)c12. The highest BCUT2D eigenvalue weighted by Gasteiger charge is 2.41. The number of alkyl halides is 1. The zero-order valence-corrected chi connectivity index (χ0v) is 13.2. The second-order valence-corrected chi connectivity index (χ2v) is 6.32. The lowest BCUT2D eigenvalue weighted by atomic mass is 9.96. The number of amides is 1. The van der Waals surface area contributed by atoms with Crippen molar-refractivity contribution in [3.63, 3.8) is 0 Å². The van der Waals surface area contributed by atoms with E-state index in [0.717, 1.165) is 10.9 Å². The summed E-state index contributed by atoms with van der Waals surface area (Å²) in [5.74, 6) is -0.653. The lowest BCUT2D eigenvalue weighted by Crippen LogP contribution is -2.35. The second kappa shape index (κ2) is 5.21. The van der Waals surface area contributed by atoms with Crippen LogP contribution in [0.2, 0.25) is 5.02 Å². The van der Waals surface area contributed by atoms with Gasteiger partial charge in [-0.15, -0.1) is 0 Å². The van der Waals surface area contributed by atoms with E-state index in [4.69, 9.17) is 17.3 Å². The molecule has 1 aliphatic rings. The normalized spacial score (nSPS) is 23.1. The Kier molecular flexibility index (Phi) is 3.61. The number of aromatic nitrogens is 2. The Bertz CT molecular complexity index is 752. The fraction of sp³-hybridized carbons (Fsp3) is 0.467. The van der Waals surface area contributed by atoms with E-state index in [-0.39, 0.29) is 5.69 Å². The van der Waals surface area contributed by atoms with E-state index in [1.807, 2.05) is 20.0 Å². The number of halogens is 2. The van der Waals surface area contributed by atoms with Crippen LogP contribution in [0.15, 0.2) is 12.3 Å². The number of pyridine rings is 1. The smallest absolute Gasteiger partial charge is 0.267 e. The topological polar surface area (TPSA) is 72.9 Å². The first-order valence-electron chi connectivity index (χ1n) is 7.20. The van der Waals surface area contributed by atoms with Crippen molar-refractivity contribution < 1.29 is 9.18 Å². The molecule has 1 aliphatic heterocycles. The van der Waals surface area contributed by atoms with Gasteiger partial charge >= 0.3 is 0 Å². The van der Waals surface area contributed by atoms with Crippen LogP contribution >= 0.6 is 11.6 Å². The Morgan fingerprint density at radius 3 is 2.95 bits per heavy atom. The Balaban J connectivity index is 2.19. The molecule has 1 saturated heterocycles. The van der Waals surface area contributed by atoms with Crippen molar-refractivity contribution in [1.82, 2.24) is 14.9 Å². The van der Waals surface area contributed by atoms with E-state index in [9.17, 15) is 4.79 Å². The fourth-order valence-electron chi connectivity index (χ4n) is 3.10. The molecule has 1 amide bonds. The summed E-state index contributed by atoms with van der Waals surface area (Å²) in [5, 5.41) is 4.18. The van der Waals surface area contributed by atoms with Gasteiger partial charge in [-0.3, -0.25) is 4.79 Å². The third-order valence-electron chi connectivity index (χ3n) is 4.48. The van der Waals surface area contributed by atoms with Crippen LogP contribution in [0.5, 0.6) is 0 Å². The molecule has 2 aromatic heterocycles. The molecule has 0 saturated carbocycles. The highest BCUT2D eigenvalue weighted by atomic mass is 35.5. The van der Waals surface area contributed by atoms with Gasteiger partial charge in [0.1, 0.15) is 17.0 Å². The summed E-state index contributed by atoms with van der Waals surface area (Å²) in [4.78, 5) is 15.7. The van der Waals surface area contributed by atoms with Gasteiger partial charge in [0, 0.05) is 18.1 Å². The van der Waals surface area contributed by atoms with Crippen LogP contribution in [0.25, 0.3) is 11.0 Å². The van der Waals surface area contributed by atoms with Gasteiger partial charge in [0.2, 0.25) is 0 Å². The Morgan fingerprint density at radius 1 is 1.64 bits per heavy atom. The average molecular weight is 325 g/mol. The van der Waals surface area contributed by atoms with Crippen LogP contribution in [-0.4, -0.2) is 34.2 Å². The molecule has 7 heteroatoms. The predicted molar refractivity (Wildman–Crippen MR) is 84.0 cm³/mol. The Morgan fingerprint density at radius 2 is 2.36 bits per heavy atom. The van der Waals surface area contributed by atoms with Crippen molar-refractivity contribution in [2.24, 2.45) is 5.73 Å². The fourth-order valence-corrected chi connectivity index (χ4v) is 3.43. The zero-order chi connectivity index (χ0) is 16.1. The molecule has 5 nitrogen and oxygen atoms in total. The molecule has 3 rings (SSSR count). The molecule has 22 heavy (non-hydrogen) atoms. The van der Waals surface area contributed by atoms with Gasteiger partial charge in [0.15, 0.2) is 0 Å². The van der Waals surface area contributed by atoms with Gasteiger partial charge in [-0.25, -0.2) is 9.37 Å². The molecule has 1 fully saturated rings. The second-order valence-electron chi connectivity index (χ2n) is 5.91.